The largest absolute Gasteiger partial charge is 0.360 e. The van der Waals surface area contributed by atoms with Crippen LogP contribution < -0.4 is 16.0 Å². The van der Waals surface area contributed by atoms with E-state index in [2.05, 4.69) is 5.32 Å². The molecule has 0 atom stereocenters. The highest BCUT2D eigenvalue weighted by molar-refractivity contribution is 5.81. The Bertz CT molecular complexity index is 465. The van der Waals surface area contributed by atoms with Gasteiger partial charge in [-0.15, -0.1) is 0 Å². The molecule has 1 aliphatic rings. The highest BCUT2D eigenvalue weighted by atomic mass is 19.2. The molecule has 1 aliphatic heterocycles. The summed E-state index contributed by atoms with van der Waals surface area (Å²) in [5.74, 6) is -2.05. The van der Waals surface area contributed by atoms with Crippen molar-refractivity contribution in [1.29, 1.82) is 0 Å². The van der Waals surface area contributed by atoms with E-state index in [-0.39, 0.29) is 30.2 Å². The van der Waals surface area contributed by atoms with Gasteiger partial charge in [-0.1, -0.05) is 6.07 Å². The molecule has 0 spiro atoms. The van der Waals surface area contributed by atoms with Crippen LogP contribution in [0.25, 0.3) is 0 Å². The number of halogens is 2. The molecule has 1 heterocycles. The van der Waals surface area contributed by atoms with Crippen molar-refractivity contribution in [2.75, 3.05) is 24.5 Å². The van der Waals surface area contributed by atoms with Crippen LogP contribution in [0.15, 0.2) is 12.1 Å². The Kier molecular flexibility index (Phi) is 3.76. The van der Waals surface area contributed by atoms with Gasteiger partial charge in [0.1, 0.15) is 0 Å². The lowest BCUT2D eigenvalue weighted by atomic mass is 10.1. The number of carbonyl (C=O) groups excluding carboxylic acids is 1. The first-order chi connectivity index (χ1) is 8.63. The van der Waals surface area contributed by atoms with Crippen LogP contribution in [0.2, 0.25) is 0 Å². The first-order valence-corrected chi connectivity index (χ1v) is 5.82. The number of benzene rings is 1. The predicted octanol–water partition coefficient (Wildman–Crippen LogP) is 0.750. The number of amides is 1. The van der Waals surface area contributed by atoms with Crippen LogP contribution in [-0.4, -0.2) is 25.5 Å². The Balaban J connectivity index is 2.32. The van der Waals surface area contributed by atoms with Gasteiger partial charge in [0.2, 0.25) is 5.91 Å². The van der Waals surface area contributed by atoms with Crippen LogP contribution >= 0.6 is 0 Å². The maximum Gasteiger partial charge on any atom is 0.239 e. The number of hydrogen-bond acceptors (Lipinski definition) is 3. The maximum absolute atomic E-state index is 13.9. The summed E-state index contributed by atoms with van der Waals surface area (Å²) >= 11 is 0. The number of nitrogens with two attached hydrogens (primary N) is 1. The molecule has 1 aromatic rings. The maximum atomic E-state index is 13.9. The first kappa shape index (κ1) is 12.8. The number of hydrogen-bond donors (Lipinski definition) is 2. The highest BCUT2D eigenvalue weighted by Gasteiger charge is 2.21. The molecule has 2 rings (SSSR count). The normalized spacial score (nSPS) is 16.4. The molecule has 1 aromatic carbocycles. The molecule has 0 aromatic heterocycles. The third-order valence-electron chi connectivity index (χ3n) is 2.96. The molecule has 0 saturated carbocycles. The van der Waals surface area contributed by atoms with Gasteiger partial charge in [-0.25, -0.2) is 8.78 Å². The third kappa shape index (κ3) is 2.43. The highest BCUT2D eigenvalue weighted by Crippen LogP contribution is 2.24. The fourth-order valence-electron chi connectivity index (χ4n) is 1.99. The summed E-state index contributed by atoms with van der Waals surface area (Å²) in [5, 5.41) is 2.68. The van der Waals surface area contributed by atoms with Crippen molar-refractivity contribution in [2.45, 2.75) is 13.0 Å². The minimum absolute atomic E-state index is 0.0400. The molecular weight excluding hydrogens is 240 g/mol. The lowest BCUT2D eigenvalue weighted by molar-refractivity contribution is -0.119. The van der Waals surface area contributed by atoms with E-state index in [0.29, 0.717) is 19.5 Å². The number of rotatable bonds is 2. The van der Waals surface area contributed by atoms with E-state index >= 15 is 0 Å². The van der Waals surface area contributed by atoms with Gasteiger partial charge in [0.05, 0.1) is 12.2 Å². The van der Waals surface area contributed by atoms with Crippen LogP contribution in [0, 0.1) is 11.6 Å². The van der Waals surface area contributed by atoms with Crippen molar-refractivity contribution >= 4 is 11.6 Å². The van der Waals surface area contributed by atoms with Crippen LogP contribution in [0.5, 0.6) is 0 Å². The fraction of sp³-hybridized carbons (Fsp3) is 0.417. The molecule has 1 fully saturated rings. The summed E-state index contributed by atoms with van der Waals surface area (Å²) in [6.07, 6.45) is 0.700. The molecule has 1 amide bonds. The van der Waals surface area contributed by atoms with Crippen molar-refractivity contribution in [3.05, 3.63) is 29.3 Å². The zero-order valence-corrected chi connectivity index (χ0v) is 9.88. The smallest absolute Gasteiger partial charge is 0.239 e. The molecule has 0 aliphatic carbocycles. The average Bonchev–Trinajstić information content (AvgIpc) is 2.57. The summed E-state index contributed by atoms with van der Waals surface area (Å²) in [5.41, 5.74) is 5.56. The van der Waals surface area contributed by atoms with Gasteiger partial charge >= 0.3 is 0 Å². The van der Waals surface area contributed by atoms with Gasteiger partial charge < -0.3 is 16.0 Å². The Hall–Kier alpha value is -1.69. The Morgan fingerprint density at radius 2 is 2.11 bits per heavy atom. The van der Waals surface area contributed by atoms with Gasteiger partial charge in [0.25, 0.3) is 0 Å². The van der Waals surface area contributed by atoms with Crippen LogP contribution in [0.3, 0.4) is 0 Å². The molecular formula is C12H15F2N3O. The molecule has 1 saturated heterocycles. The van der Waals surface area contributed by atoms with E-state index < -0.39 is 11.6 Å². The SMILES string of the molecule is NCc1ccc(N2CCCNC(=O)C2)c(F)c1F. The monoisotopic (exact) mass is 255 g/mol. The van der Waals surface area contributed by atoms with Crippen molar-refractivity contribution < 1.29 is 13.6 Å². The minimum Gasteiger partial charge on any atom is -0.360 e. The van der Waals surface area contributed by atoms with Gasteiger partial charge in [-0.3, -0.25) is 4.79 Å². The lowest BCUT2D eigenvalue weighted by Crippen LogP contribution is -2.33. The summed E-state index contributed by atoms with van der Waals surface area (Å²) in [6, 6.07) is 2.93. The third-order valence-corrected chi connectivity index (χ3v) is 2.96. The first-order valence-electron chi connectivity index (χ1n) is 5.82. The predicted molar refractivity (Wildman–Crippen MR) is 64.1 cm³/mol. The van der Waals surface area contributed by atoms with E-state index in [9.17, 15) is 13.6 Å². The second-order valence-corrected chi connectivity index (χ2v) is 4.20. The van der Waals surface area contributed by atoms with Crippen LogP contribution in [0.1, 0.15) is 12.0 Å². The van der Waals surface area contributed by atoms with Crippen LogP contribution in [0.4, 0.5) is 14.5 Å². The van der Waals surface area contributed by atoms with Gasteiger partial charge in [-0.2, -0.15) is 0 Å². The Morgan fingerprint density at radius 3 is 2.83 bits per heavy atom. The molecule has 6 heteroatoms. The van der Waals surface area contributed by atoms with Crippen LogP contribution in [-0.2, 0) is 11.3 Å². The number of anilines is 1. The molecule has 0 unspecified atom stereocenters. The van der Waals surface area contributed by atoms with Gasteiger partial charge in [0, 0.05) is 25.2 Å². The average molecular weight is 255 g/mol. The molecule has 98 valence electrons. The zero-order valence-electron chi connectivity index (χ0n) is 9.88. The topological polar surface area (TPSA) is 58.4 Å². The van der Waals surface area contributed by atoms with E-state index in [1.165, 1.54) is 12.1 Å². The Morgan fingerprint density at radius 1 is 1.33 bits per heavy atom. The number of nitrogens with zero attached hydrogens (tertiary/aromatic N) is 1. The number of nitrogens with one attached hydrogen (secondary N) is 1. The lowest BCUT2D eigenvalue weighted by Gasteiger charge is -2.22. The van der Waals surface area contributed by atoms with E-state index in [1.54, 1.807) is 4.90 Å². The van der Waals surface area contributed by atoms with Gasteiger partial charge in [0.15, 0.2) is 11.6 Å². The van der Waals surface area contributed by atoms with Gasteiger partial charge in [-0.05, 0) is 12.5 Å². The minimum atomic E-state index is -0.937. The van der Waals surface area contributed by atoms with Crippen molar-refractivity contribution in [1.82, 2.24) is 5.32 Å². The summed E-state index contributed by atoms with van der Waals surface area (Å²) in [6.45, 7) is 1.05. The fourth-order valence-corrected chi connectivity index (χ4v) is 1.99. The summed E-state index contributed by atoms with van der Waals surface area (Å²) < 4.78 is 27.5. The molecule has 0 bridgehead atoms. The standard InChI is InChI=1S/C12H15F2N3O/c13-11-8(6-15)2-3-9(12(11)14)17-5-1-4-16-10(18)7-17/h2-3H,1,4-7,15H2,(H,16,18). The Labute approximate surface area is 104 Å². The summed E-state index contributed by atoms with van der Waals surface area (Å²) in [7, 11) is 0. The molecule has 18 heavy (non-hydrogen) atoms. The summed E-state index contributed by atoms with van der Waals surface area (Å²) in [4.78, 5) is 12.9. The zero-order chi connectivity index (χ0) is 13.1. The molecule has 0 radical (unpaired) electrons. The van der Waals surface area contributed by atoms with Crippen molar-refractivity contribution in [3.63, 3.8) is 0 Å². The molecule has 3 N–H and O–H groups in total. The second kappa shape index (κ2) is 5.30. The van der Waals surface area contributed by atoms with E-state index in [1.807, 2.05) is 0 Å². The second-order valence-electron chi connectivity index (χ2n) is 4.20. The number of carbonyl (C=O) groups is 1. The molecule has 4 nitrogen and oxygen atoms in total. The van der Waals surface area contributed by atoms with Crippen molar-refractivity contribution in [3.8, 4) is 0 Å². The quantitative estimate of drug-likeness (QED) is 0.820. The van der Waals surface area contributed by atoms with E-state index in [4.69, 9.17) is 5.73 Å². The van der Waals surface area contributed by atoms with E-state index in [0.717, 1.165) is 0 Å². The van der Waals surface area contributed by atoms with Crippen molar-refractivity contribution in [2.24, 2.45) is 5.73 Å².